The third-order valence-corrected chi connectivity index (χ3v) is 6.60. The van der Waals surface area contributed by atoms with Crippen molar-refractivity contribution in [3.05, 3.63) is 99.4 Å². The summed E-state index contributed by atoms with van der Waals surface area (Å²) in [5.41, 5.74) is 2.63. The fraction of sp³-hybridized carbons (Fsp3) is 0.0435. The molecular weight excluding hydrogens is 422 g/mol. The number of nitrogens with zero attached hydrogens (tertiary/aromatic N) is 1. The molecule has 0 unspecified atom stereocenters. The van der Waals surface area contributed by atoms with Crippen LogP contribution in [0.4, 0.5) is 0 Å². The quantitative estimate of drug-likeness (QED) is 0.342. The highest BCUT2D eigenvalue weighted by Crippen LogP contribution is 2.49. The van der Waals surface area contributed by atoms with E-state index in [1.807, 2.05) is 66.7 Å². The van der Waals surface area contributed by atoms with Crippen LogP contribution in [0.1, 0.15) is 22.7 Å². The highest BCUT2D eigenvalue weighted by molar-refractivity contribution is 8.26. The summed E-state index contributed by atoms with van der Waals surface area (Å²) in [4.78, 5) is 15.7. The molecule has 3 aromatic rings. The first-order valence-electron chi connectivity index (χ1n) is 9.01. The number of rotatable bonds is 2. The van der Waals surface area contributed by atoms with Gasteiger partial charge in [-0.2, -0.15) is 0 Å². The average molecular weight is 436 g/mol. The van der Waals surface area contributed by atoms with Crippen LogP contribution in [0.2, 0.25) is 5.02 Å². The summed E-state index contributed by atoms with van der Waals surface area (Å²) in [6.07, 6.45) is 1.80. The Bertz CT molecular complexity index is 1150. The van der Waals surface area contributed by atoms with Crippen LogP contribution in [-0.2, 0) is 4.79 Å². The van der Waals surface area contributed by atoms with Gasteiger partial charge >= 0.3 is 0 Å². The molecule has 142 valence electrons. The van der Waals surface area contributed by atoms with Gasteiger partial charge in [0.05, 0.1) is 10.9 Å². The molecule has 0 aliphatic carbocycles. The predicted octanol–water partition coefficient (Wildman–Crippen LogP) is 6.44. The molecule has 1 amide bonds. The van der Waals surface area contributed by atoms with Crippen LogP contribution in [-0.4, -0.2) is 15.1 Å². The van der Waals surface area contributed by atoms with E-state index in [-0.39, 0.29) is 11.9 Å². The molecule has 1 fully saturated rings. The maximum Gasteiger partial charge on any atom is 0.267 e. The van der Waals surface area contributed by atoms with Crippen molar-refractivity contribution in [1.29, 1.82) is 0 Å². The molecule has 3 aromatic carbocycles. The number of amides is 1. The van der Waals surface area contributed by atoms with Gasteiger partial charge in [0.25, 0.3) is 5.91 Å². The summed E-state index contributed by atoms with van der Waals surface area (Å²) in [7, 11) is 0. The van der Waals surface area contributed by atoms with Crippen molar-refractivity contribution in [3.8, 4) is 11.5 Å². The number of hydrogen-bond donors (Lipinski definition) is 0. The third-order valence-electron chi connectivity index (χ3n) is 4.92. The molecule has 6 heteroatoms. The van der Waals surface area contributed by atoms with E-state index in [1.165, 1.54) is 11.8 Å². The second-order valence-electron chi connectivity index (χ2n) is 6.65. The summed E-state index contributed by atoms with van der Waals surface area (Å²) < 4.78 is 6.57. The normalized spacial score (nSPS) is 17.3. The molecule has 0 N–H and O–H groups in total. The Morgan fingerprint density at radius 3 is 2.17 bits per heavy atom. The second-order valence-corrected chi connectivity index (χ2v) is 8.74. The molecule has 1 saturated heterocycles. The Kier molecular flexibility index (Phi) is 4.66. The lowest BCUT2D eigenvalue weighted by molar-refractivity contribution is -0.123. The van der Waals surface area contributed by atoms with Crippen molar-refractivity contribution in [2.24, 2.45) is 0 Å². The number of thioether (sulfide) groups is 1. The number of carbonyl (C=O) groups is 1. The largest absolute Gasteiger partial charge is 0.457 e. The number of fused-ring (bicyclic) bond motifs is 2. The SMILES string of the molecule is O=C1/C(=C/c2ccccc2Cl)SC(=S)N1C1c2ccccc2Oc2ccccc21. The third kappa shape index (κ3) is 3.15. The van der Waals surface area contributed by atoms with Crippen LogP contribution >= 0.6 is 35.6 Å². The van der Waals surface area contributed by atoms with Crippen molar-refractivity contribution < 1.29 is 9.53 Å². The predicted molar refractivity (Wildman–Crippen MR) is 121 cm³/mol. The number of carbonyl (C=O) groups excluding carboxylic acids is 1. The molecule has 29 heavy (non-hydrogen) atoms. The fourth-order valence-corrected chi connectivity index (χ4v) is 5.09. The van der Waals surface area contributed by atoms with E-state index in [0.717, 1.165) is 28.2 Å². The van der Waals surface area contributed by atoms with E-state index in [0.29, 0.717) is 14.2 Å². The van der Waals surface area contributed by atoms with Gasteiger partial charge in [0.1, 0.15) is 15.8 Å². The number of hydrogen-bond acceptors (Lipinski definition) is 4. The van der Waals surface area contributed by atoms with Crippen molar-refractivity contribution in [3.63, 3.8) is 0 Å². The van der Waals surface area contributed by atoms with E-state index >= 15 is 0 Å². The molecule has 2 aliphatic rings. The van der Waals surface area contributed by atoms with Crippen LogP contribution in [0.15, 0.2) is 77.7 Å². The molecule has 0 atom stereocenters. The highest BCUT2D eigenvalue weighted by Gasteiger charge is 2.42. The van der Waals surface area contributed by atoms with Gasteiger partial charge in [-0.15, -0.1) is 0 Å². The molecule has 0 spiro atoms. The van der Waals surface area contributed by atoms with E-state index in [9.17, 15) is 4.79 Å². The van der Waals surface area contributed by atoms with E-state index < -0.39 is 0 Å². The summed E-state index contributed by atoms with van der Waals surface area (Å²) in [6, 6.07) is 22.6. The Hall–Kier alpha value is -2.60. The Morgan fingerprint density at radius 2 is 1.52 bits per heavy atom. The number of ether oxygens (including phenoxy) is 1. The lowest BCUT2D eigenvalue weighted by Gasteiger charge is -2.33. The molecule has 0 aromatic heterocycles. The molecular formula is C23H14ClNO2S2. The summed E-state index contributed by atoms with van der Waals surface area (Å²) in [5.74, 6) is 1.34. The molecule has 2 aliphatic heterocycles. The Balaban J connectivity index is 1.61. The van der Waals surface area contributed by atoms with Crippen molar-refractivity contribution in [2.75, 3.05) is 0 Å². The van der Waals surface area contributed by atoms with Crippen LogP contribution in [0.5, 0.6) is 11.5 Å². The Labute approximate surface area is 182 Å². The first kappa shape index (κ1) is 18.4. The van der Waals surface area contributed by atoms with Crippen LogP contribution in [0.25, 0.3) is 6.08 Å². The number of halogens is 1. The molecule has 0 bridgehead atoms. The fourth-order valence-electron chi connectivity index (χ4n) is 3.60. The van der Waals surface area contributed by atoms with Gasteiger partial charge in [-0.3, -0.25) is 9.69 Å². The minimum atomic E-state index is -0.333. The Morgan fingerprint density at radius 1 is 0.931 bits per heavy atom. The zero-order chi connectivity index (χ0) is 20.0. The summed E-state index contributed by atoms with van der Waals surface area (Å²) in [5, 5.41) is 0.597. The summed E-state index contributed by atoms with van der Waals surface area (Å²) in [6.45, 7) is 0. The first-order valence-corrected chi connectivity index (χ1v) is 10.6. The molecule has 2 heterocycles. The van der Waals surface area contributed by atoms with Crippen LogP contribution < -0.4 is 4.74 Å². The van der Waals surface area contributed by atoms with Gasteiger partial charge in [0, 0.05) is 16.1 Å². The van der Waals surface area contributed by atoms with Crippen molar-refractivity contribution in [1.82, 2.24) is 4.90 Å². The van der Waals surface area contributed by atoms with Crippen LogP contribution in [0, 0.1) is 0 Å². The monoisotopic (exact) mass is 435 g/mol. The van der Waals surface area contributed by atoms with Gasteiger partial charge in [0.2, 0.25) is 0 Å². The molecule has 0 saturated carbocycles. The lowest BCUT2D eigenvalue weighted by Crippen LogP contribution is -2.34. The van der Waals surface area contributed by atoms with Crippen molar-refractivity contribution in [2.45, 2.75) is 6.04 Å². The lowest BCUT2D eigenvalue weighted by atomic mass is 9.93. The van der Waals surface area contributed by atoms with Crippen LogP contribution in [0.3, 0.4) is 0 Å². The van der Waals surface area contributed by atoms with Gasteiger partial charge in [0.15, 0.2) is 0 Å². The summed E-state index contributed by atoms with van der Waals surface area (Å²) >= 11 is 13.2. The topological polar surface area (TPSA) is 29.5 Å². The van der Waals surface area contributed by atoms with Gasteiger partial charge < -0.3 is 4.74 Å². The minimum Gasteiger partial charge on any atom is -0.457 e. The standard InChI is InChI=1S/C23H14ClNO2S2/c24-17-10-4-1-7-14(17)13-20-22(26)25(23(28)29-20)21-15-8-2-5-11-18(15)27-19-12-6-3-9-16(19)21/h1-13,21H/b20-13-. The second kappa shape index (κ2) is 7.34. The zero-order valence-corrected chi connectivity index (χ0v) is 17.4. The van der Waals surface area contributed by atoms with Gasteiger partial charge in [-0.05, 0) is 29.8 Å². The smallest absolute Gasteiger partial charge is 0.267 e. The maximum atomic E-state index is 13.4. The molecule has 5 rings (SSSR count). The number of benzene rings is 3. The van der Waals surface area contributed by atoms with Crippen molar-refractivity contribution >= 4 is 51.9 Å². The first-order chi connectivity index (χ1) is 14.1. The minimum absolute atomic E-state index is 0.128. The van der Waals surface area contributed by atoms with Gasteiger partial charge in [-0.25, -0.2) is 0 Å². The van der Waals surface area contributed by atoms with E-state index in [1.54, 1.807) is 17.0 Å². The van der Waals surface area contributed by atoms with E-state index in [4.69, 9.17) is 28.6 Å². The van der Waals surface area contributed by atoms with E-state index in [2.05, 4.69) is 0 Å². The number of para-hydroxylation sites is 2. The molecule has 3 nitrogen and oxygen atoms in total. The zero-order valence-electron chi connectivity index (χ0n) is 15.0. The number of thiocarbonyl (C=S) groups is 1. The molecule has 0 radical (unpaired) electrons. The maximum absolute atomic E-state index is 13.4. The average Bonchev–Trinajstić information content (AvgIpc) is 3.01. The van der Waals surface area contributed by atoms with Gasteiger partial charge in [-0.1, -0.05) is 90.2 Å². The highest BCUT2D eigenvalue weighted by atomic mass is 35.5.